The molecule has 0 aliphatic carbocycles. The lowest BCUT2D eigenvalue weighted by molar-refractivity contribution is 0.0957. The van der Waals surface area contributed by atoms with Gasteiger partial charge in [-0.2, -0.15) is 0 Å². The lowest BCUT2D eigenvalue weighted by Gasteiger charge is -2.31. The third kappa shape index (κ3) is 3.31. The predicted octanol–water partition coefficient (Wildman–Crippen LogP) is 4.49. The Hall–Kier alpha value is -2.66. The molecule has 2 N–H and O–H groups in total. The first kappa shape index (κ1) is 18.7. The number of aromatic amines is 1. The van der Waals surface area contributed by atoms with Gasteiger partial charge in [-0.3, -0.25) is 9.69 Å². The van der Waals surface area contributed by atoms with E-state index in [4.69, 9.17) is 0 Å². The molecule has 28 heavy (non-hydrogen) atoms. The smallest absolute Gasteiger partial charge is 0.252 e. The number of H-pyrrole nitrogens is 1. The standard InChI is InChI=1S/C23H26FN3O/c1-23(2,3)27(4)13-14-5-7-15(8-6-14)21-17-9-10-25-22(28)18-11-16(24)12-19(26-21)20(17)18/h5-8,11-12,26H,9-10,13H2,1-4H3,(H,25,28). The summed E-state index contributed by atoms with van der Waals surface area (Å²) < 4.78 is 14.0. The molecule has 1 aromatic heterocycles. The Bertz CT molecular complexity index is 1040. The molecule has 0 atom stereocenters. The van der Waals surface area contributed by atoms with Gasteiger partial charge in [0, 0.05) is 35.2 Å². The first-order chi connectivity index (χ1) is 13.2. The second-order valence-electron chi connectivity index (χ2n) is 8.58. The number of benzene rings is 2. The predicted molar refractivity (Wildman–Crippen MR) is 111 cm³/mol. The van der Waals surface area contributed by atoms with Crippen LogP contribution in [0.2, 0.25) is 0 Å². The largest absolute Gasteiger partial charge is 0.354 e. The molecule has 0 saturated carbocycles. The van der Waals surface area contributed by atoms with E-state index >= 15 is 0 Å². The number of hydrogen-bond donors (Lipinski definition) is 2. The molecule has 2 heterocycles. The van der Waals surface area contributed by atoms with Crippen molar-refractivity contribution < 1.29 is 9.18 Å². The van der Waals surface area contributed by atoms with Gasteiger partial charge in [-0.25, -0.2) is 4.39 Å². The molecule has 1 aliphatic heterocycles. The van der Waals surface area contributed by atoms with Gasteiger partial charge in [0.1, 0.15) is 5.82 Å². The summed E-state index contributed by atoms with van der Waals surface area (Å²) >= 11 is 0. The number of amides is 1. The highest BCUT2D eigenvalue weighted by atomic mass is 19.1. The topological polar surface area (TPSA) is 48.1 Å². The van der Waals surface area contributed by atoms with Crippen LogP contribution in [-0.4, -0.2) is 34.9 Å². The SMILES string of the molecule is CN(Cc1ccc(-c2[nH]c3cc(F)cc4c3c2CCNC4=O)cc1)C(C)(C)C. The fraction of sp³-hybridized carbons (Fsp3) is 0.348. The number of hydrogen-bond acceptors (Lipinski definition) is 2. The Kier molecular flexibility index (Phi) is 4.50. The van der Waals surface area contributed by atoms with E-state index in [0.29, 0.717) is 24.0 Å². The quantitative estimate of drug-likeness (QED) is 0.704. The first-order valence-electron chi connectivity index (χ1n) is 9.67. The number of aromatic nitrogens is 1. The normalized spacial score (nSPS) is 14.4. The van der Waals surface area contributed by atoms with E-state index in [1.54, 1.807) is 0 Å². The van der Waals surface area contributed by atoms with Crippen LogP contribution in [0.15, 0.2) is 36.4 Å². The van der Waals surface area contributed by atoms with E-state index in [1.807, 2.05) is 0 Å². The molecule has 0 unspecified atom stereocenters. The maximum Gasteiger partial charge on any atom is 0.252 e. The number of nitrogens with one attached hydrogen (secondary N) is 2. The molecule has 0 spiro atoms. The van der Waals surface area contributed by atoms with Gasteiger partial charge in [0.2, 0.25) is 0 Å². The van der Waals surface area contributed by atoms with Crippen molar-refractivity contribution in [3.63, 3.8) is 0 Å². The van der Waals surface area contributed by atoms with Crippen molar-refractivity contribution in [3.05, 3.63) is 58.9 Å². The van der Waals surface area contributed by atoms with Crippen LogP contribution in [0.4, 0.5) is 4.39 Å². The van der Waals surface area contributed by atoms with Gasteiger partial charge in [-0.15, -0.1) is 0 Å². The van der Waals surface area contributed by atoms with E-state index in [-0.39, 0.29) is 11.4 Å². The van der Waals surface area contributed by atoms with Crippen LogP contribution in [-0.2, 0) is 13.0 Å². The van der Waals surface area contributed by atoms with Gasteiger partial charge in [-0.1, -0.05) is 24.3 Å². The Morgan fingerprint density at radius 3 is 2.54 bits per heavy atom. The number of carbonyl (C=O) groups excluding carboxylic acids is 1. The van der Waals surface area contributed by atoms with Crippen LogP contribution >= 0.6 is 0 Å². The fourth-order valence-corrected chi connectivity index (χ4v) is 3.73. The van der Waals surface area contributed by atoms with Crippen LogP contribution in [0.3, 0.4) is 0 Å². The fourth-order valence-electron chi connectivity index (χ4n) is 3.73. The highest BCUT2D eigenvalue weighted by Crippen LogP contribution is 2.35. The highest BCUT2D eigenvalue weighted by molar-refractivity contribution is 6.10. The summed E-state index contributed by atoms with van der Waals surface area (Å²) in [6, 6.07) is 11.3. The minimum absolute atomic E-state index is 0.109. The van der Waals surface area contributed by atoms with Crippen molar-refractivity contribution >= 4 is 16.8 Å². The summed E-state index contributed by atoms with van der Waals surface area (Å²) in [5, 5.41) is 3.70. The second kappa shape index (κ2) is 6.74. The number of carbonyl (C=O) groups is 1. The van der Waals surface area contributed by atoms with Crippen LogP contribution in [0.1, 0.15) is 42.3 Å². The van der Waals surface area contributed by atoms with Crippen LogP contribution in [0.25, 0.3) is 22.2 Å². The van der Waals surface area contributed by atoms with Gasteiger partial charge in [0.25, 0.3) is 5.91 Å². The molecule has 146 valence electrons. The van der Waals surface area contributed by atoms with E-state index in [9.17, 15) is 9.18 Å². The van der Waals surface area contributed by atoms with Gasteiger partial charge >= 0.3 is 0 Å². The first-order valence-corrected chi connectivity index (χ1v) is 9.67. The third-order valence-corrected chi connectivity index (χ3v) is 5.68. The van der Waals surface area contributed by atoms with Gasteiger partial charge in [0.05, 0.1) is 5.56 Å². The average Bonchev–Trinajstić information content (AvgIpc) is 2.90. The summed E-state index contributed by atoms with van der Waals surface area (Å²) in [6.07, 6.45) is 0.716. The lowest BCUT2D eigenvalue weighted by Crippen LogP contribution is -2.37. The minimum Gasteiger partial charge on any atom is -0.354 e. The van der Waals surface area contributed by atoms with E-state index in [2.05, 4.69) is 67.3 Å². The molecule has 0 radical (unpaired) electrons. The third-order valence-electron chi connectivity index (χ3n) is 5.68. The molecule has 2 aromatic carbocycles. The zero-order valence-electron chi connectivity index (χ0n) is 16.8. The minimum atomic E-state index is -0.403. The molecular weight excluding hydrogens is 353 g/mol. The van der Waals surface area contributed by atoms with E-state index < -0.39 is 5.82 Å². The van der Waals surface area contributed by atoms with Crippen LogP contribution in [0.5, 0.6) is 0 Å². The van der Waals surface area contributed by atoms with Crippen molar-refractivity contribution in [2.45, 2.75) is 39.3 Å². The van der Waals surface area contributed by atoms with Gasteiger partial charge < -0.3 is 10.3 Å². The van der Waals surface area contributed by atoms with Crippen molar-refractivity contribution in [1.29, 1.82) is 0 Å². The number of rotatable bonds is 3. The van der Waals surface area contributed by atoms with Crippen molar-refractivity contribution in [3.8, 4) is 11.3 Å². The Morgan fingerprint density at radius 1 is 1.14 bits per heavy atom. The molecular formula is C23H26FN3O. The Labute approximate surface area is 164 Å². The maximum atomic E-state index is 14.0. The molecule has 0 bridgehead atoms. The molecule has 5 heteroatoms. The lowest BCUT2D eigenvalue weighted by atomic mass is 9.99. The van der Waals surface area contributed by atoms with E-state index in [0.717, 1.165) is 28.8 Å². The summed E-state index contributed by atoms with van der Waals surface area (Å²) in [7, 11) is 2.12. The van der Waals surface area contributed by atoms with Crippen LogP contribution < -0.4 is 5.32 Å². The monoisotopic (exact) mass is 379 g/mol. The van der Waals surface area contributed by atoms with E-state index in [1.165, 1.54) is 17.7 Å². The van der Waals surface area contributed by atoms with Crippen molar-refractivity contribution in [2.75, 3.05) is 13.6 Å². The molecule has 1 aliphatic rings. The molecule has 1 amide bonds. The Morgan fingerprint density at radius 2 is 1.86 bits per heavy atom. The number of halogens is 1. The zero-order chi connectivity index (χ0) is 20.1. The molecule has 4 rings (SSSR count). The van der Waals surface area contributed by atoms with Crippen molar-refractivity contribution in [2.24, 2.45) is 0 Å². The second-order valence-corrected chi connectivity index (χ2v) is 8.58. The maximum absolute atomic E-state index is 14.0. The summed E-state index contributed by atoms with van der Waals surface area (Å²) in [5.74, 6) is -0.617. The molecule has 0 saturated heterocycles. The summed E-state index contributed by atoms with van der Waals surface area (Å²) in [5.41, 5.74) is 5.53. The van der Waals surface area contributed by atoms with Gasteiger partial charge in [0.15, 0.2) is 0 Å². The molecule has 0 fully saturated rings. The highest BCUT2D eigenvalue weighted by Gasteiger charge is 2.23. The molecule has 3 aromatic rings. The Balaban J connectivity index is 1.75. The summed E-state index contributed by atoms with van der Waals surface area (Å²) in [4.78, 5) is 18.0. The van der Waals surface area contributed by atoms with Crippen molar-refractivity contribution in [1.82, 2.24) is 15.2 Å². The van der Waals surface area contributed by atoms with Crippen LogP contribution in [0, 0.1) is 5.82 Å². The number of nitrogens with zero attached hydrogens (tertiary/aromatic N) is 1. The molecule has 4 nitrogen and oxygen atoms in total. The summed E-state index contributed by atoms with van der Waals surface area (Å²) in [6.45, 7) is 8.02. The van der Waals surface area contributed by atoms with Gasteiger partial charge in [-0.05, 0) is 63.1 Å². The zero-order valence-corrected chi connectivity index (χ0v) is 16.8. The average molecular weight is 379 g/mol.